The molecular weight excluding hydrogens is 274 g/mol. The molecule has 2 heterocycles. The van der Waals surface area contributed by atoms with Gasteiger partial charge in [0.15, 0.2) is 5.60 Å². The van der Waals surface area contributed by atoms with Crippen molar-refractivity contribution in [3.63, 3.8) is 0 Å². The molecule has 110 valence electrons. The Morgan fingerprint density at radius 1 is 1.38 bits per heavy atom. The molecule has 2 aromatic rings. The van der Waals surface area contributed by atoms with Crippen molar-refractivity contribution in [3.05, 3.63) is 52.5 Å². The van der Waals surface area contributed by atoms with Crippen molar-refractivity contribution in [1.29, 1.82) is 0 Å². The Kier molecular flexibility index (Phi) is 2.59. The third-order valence-corrected chi connectivity index (χ3v) is 4.64. The molecule has 0 bridgehead atoms. The Balaban J connectivity index is 1.77. The second-order valence-corrected chi connectivity index (χ2v) is 5.71. The molecule has 1 aliphatic carbocycles. The van der Waals surface area contributed by atoms with Crippen molar-refractivity contribution in [2.45, 2.75) is 36.9 Å². The van der Waals surface area contributed by atoms with Crippen molar-refractivity contribution in [2.24, 2.45) is 0 Å². The predicted octanol–water partition coefficient (Wildman–Crippen LogP) is 0.647. The van der Waals surface area contributed by atoms with Crippen LogP contribution in [0.1, 0.15) is 35.8 Å². The van der Waals surface area contributed by atoms with Crippen molar-refractivity contribution >= 4 is 0 Å². The first-order chi connectivity index (χ1) is 10.1. The van der Waals surface area contributed by atoms with Crippen LogP contribution in [0.15, 0.2) is 35.0 Å². The van der Waals surface area contributed by atoms with E-state index in [0.29, 0.717) is 23.4 Å². The summed E-state index contributed by atoms with van der Waals surface area (Å²) in [6.07, 6.45) is 1.18. The number of hydroxylamine groups is 2. The van der Waals surface area contributed by atoms with Gasteiger partial charge in [-0.3, -0.25) is 4.63 Å². The highest BCUT2D eigenvalue weighted by molar-refractivity contribution is 5.29. The number of rotatable bonds is 1. The van der Waals surface area contributed by atoms with Gasteiger partial charge in [0, 0.05) is 18.0 Å². The zero-order valence-electron chi connectivity index (χ0n) is 11.2. The summed E-state index contributed by atoms with van der Waals surface area (Å²) in [5, 5.41) is 37.9. The van der Waals surface area contributed by atoms with E-state index in [1.165, 1.54) is 5.06 Å². The highest BCUT2D eigenvalue weighted by Gasteiger charge is 2.60. The molecule has 0 unspecified atom stereocenters. The molecule has 21 heavy (non-hydrogen) atoms. The average Bonchev–Trinajstić information content (AvgIpc) is 3.00. The van der Waals surface area contributed by atoms with Crippen molar-refractivity contribution in [2.75, 3.05) is 0 Å². The second kappa shape index (κ2) is 4.27. The van der Waals surface area contributed by atoms with E-state index in [0.717, 1.165) is 5.56 Å². The molecule has 1 aromatic carbocycles. The number of aliphatic hydroxyl groups is 1. The standard InChI is InChI=1S/C14H15N3O4/c18-14-8-11(9-4-2-1-3-5-9)16(19)12(14)7-6-10-13(14)15-21-17(10)20/h1-5,11-12,18-19H,6-8H2/t11-,12-,14+/m1/s1. The maximum Gasteiger partial charge on any atom is 0.254 e. The number of aromatic nitrogens is 2. The van der Waals surface area contributed by atoms with Crippen LogP contribution in [0.4, 0.5) is 0 Å². The molecule has 0 amide bonds. The van der Waals surface area contributed by atoms with E-state index in [4.69, 9.17) is 0 Å². The van der Waals surface area contributed by atoms with Crippen LogP contribution >= 0.6 is 0 Å². The van der Waals surface area contributed by atoms with Crippen molar-refractivity contribution in [1.82, 2.24) is 10.2 Å². The molecule has 0 spiro atoms. The minimum atomic E-state index is -1.36. The first-order valence-electron chi connectivity index (χ1n) is 6.95. The first kappa shape index (κ1) is 12.8. The monoisotopic (exact) mass is 289 g/mol. The largest absolute Gasteiger partial charge is 0.379 e. The van der Waals surface area contributed by atoms with Crippen LogP contribution in [-0.2, 0) is 12.0 Å². The van der Waals surface area contributed by atoms with Crippen molar-refractivity contribution < 1.29 is 19.8 Å². The average molecular weight is 289 g/mol. The number of hydrogen-bond acceptors (Lipinski definition) is 6. The minimum absolute atomic E-state index is 0.256. The fraction of sp³-hybridized carbons (Fsp3) is 0.429. The maximum absolute atomic E-state index is 11.5. The molecular formula is C14H15N3O4. The van der Waals surface area contributed by atoms with E-state index >= 15 is 0 Å². The lowest BCUT2D eigenvalue weighted by atomic mass is 9.80. The number of benzene rings is 1. The lowest BCUT2D eigenvalue weighted by Gasteiger charge is -2.31. The van der Waals surface area contributed by atoms with Gasteiger partial charge in [0.2, 0.25) is 5.69 Å². The van der Waals surface area contributed by atoms with Gasteiger partial charge in [-0.05, 0) is 16.9 Å². The lowest BCUT2D eigenvalue weighted by Crippen LogP contribution is -2.47. The molecule has 2 N–H and O–H groups in total. The summed E-state index contributed by atoms with van der Waals surface area (Å²) in [6.45, 7) is 0. The molecule has 1 fully saturated rings. The summed E-state index contributed by atoms with van der Waals surface area (Å²) in [4.78, 5) is 0.348. The quantitative estimate of drug-likeness (QED) is 0.748. The second-order valence-electron chi connectivity index (χ2n) is 5.71. The third kappa shape index (κ3) is 1.65. The summed E-state index contributed by atoms with van der Waals surface area (Å²) < 4.78 is 4.62. The molecule has 1 aliphatic heterocycles. The van der Waals surface area contributed by atoms with Crippen LogP contribution in [0.2, 0.25) is 0 Å². The van der Waals surface area contributed by atoms with Crippen LogP contribution in [0.3, 0.4) is 0 Å². The van der Waals surface area contributed by atoms with Gasteiger partial charge < -0.3 is 15.5 Å². The van der Waals surface area contributed by atoms with Gasteiger partial charge >= 0.3 is 0 Å². The maximum atomic E-state index is 11.5. The van der Waals surface area contributed by atoms with Gasteiger partial charge in [0.25, 0.3) is 5.69 Å². The minimum Gasteiger partial charge on any atom is -0.379 e. The van der Waals surface area contributed by atoms with E-state index in [-0.39, 0.29) is 18.2 Å². The zero-order chi connectivity index (χ0) is 14.6. The van der Waals surface area contributed by atoms with Gasteiger partial charge in [0.1, 0.15) is 0 Å². The van der Waals surface area contributed by atoms with E-state index < -0.39 is 11.6 Å². The summed E-state index contributed by atoms with van der Waals surface area (Å²) in [5.74, 6) is 0. The number of nitrogens with zero attached hydrogens (tertiary/aromatic N) is 3. The Morgan fingerprint density at radius 3 is 2.90 bits per heavy atom. The van der Waals surface area contributed by atoms with Crippen LogP contribution in [0.25, 0.3) is 0 Å². The summed E-state index contributed by atoms with van der Waals surface area (Å²) in [6, 6.07) is 8.69. The lowest BCUT2D eigenvalue weighted by molar-refractivity contribution is -0.808. The van der Waals surface area contributed by atoms with E-state index in [1.807, 2.05) is 30.3 Å². The predicted molar refractivity (Wildman–Crippen MR) is 68.9 cm³/mol. The Hall–Kier alpha value is -1.96. The molecule has 4 rings (SSSR count). The first-order valence-corrected chi connectivity index (χ1v) is 6.95. The summed E-state index contributed by atoms with van der Waals surface area (Å²) in [7, 11) is 0. The fourth-order valence-electron chi connectivity index (χ4n) is 3.61. The topological polar surface area (TPSA) is 96.7 Å². The molecule has 2 aliphatic rings. The van der Waals surface area contributed by atoms with Crippen molar-refractivity contribution in [3.8, 4) is 0 Å². The van der Waals surface area contributed by atoms with Crippen LogP contribution < -0.4 is 4.90 Å². The zero-order valence-corrected chi connectivity index (χ0v) is 11.2. The smallest absolute Gasteiger partial charge is 0.254 e. The van der Waals surface area contributed by atoms with Gasteiger partial charge in [-0.2, -0.15) is 5.06 Å². The van der Waals surface area contributed by atoms with Gasteiger partial charge in [-0.15, -0.1) is 0 Å². The molecule has 7 nitrogen and oxygen atoms in total. The van der Waals surface area contributed by atoms with Gasteiger partial charge in [-0.25, -0.2) is 0 Å². The Morgan fingerprint density at radius 2 is 2.14 bits per heavy atom. The molecule has 0 saturated carbocycles. The number of hydrogen-bond donors (Lipinski definition) is 2. The molecule has 1 aromatic heterocycles. The highest BCUT2D eigenvalue weighted by atomic mass is 16.8. The van der Waals surface area contributed by atoms with E-state index in [2.05, 4.69) is 9.79 Å². The van der Waals surface area contributed by atoms with Crippen LogP contribution in [-0.4, -0.2) is 26.6 Å². The Bertz CT molecular complexity index is 674. The fourth-order valence-corrected chi connectivity index (χ4v) is 3.61. The SMILES string of the molecule is [O-][n+]1onc2c1CC[C@H]1N(O)[C@@H](c3ccccc3)C[C@@]21O. The van der Waals surface area contributed by atoms with E-state index in [9.17, 15) is 15.5 Å². The van der Waals surface area contributed by atoms with Crippen LogP contribution in [0, 0.1) is 5.21 Å². The molecule has 3 atom stereocenters. The molecule has 7 heteroatoms. The normalized spacial score (nSPS) is 31.9. The molecule has 0 radical (unpaired) electrons. The van der Waals surface area contributed by atoms with Gasteiger partial charge in [0.05, 0.1) is 12.1 Å². The van der Waals surface area contributed by atoms with Gasteiger partial charge in [-0.1, -0.05) is 30.3 Å². The summed E-state index contributed by atoms with van der Waals surface area (Å²) >= 11 is 0. The van der Waals surface area contributed by atoms with E-state index in [1.54, 1.807) is 0 Å². The van der Waals surface area contributed by atoms with Crippen LogP contribution in [0.5, 0.6) is 0 Å². The summed E-state index contributed by atoms with van der Waals surface area (Å²) in [5.41, 5.74) is 0.173. The Labute approximate surface area is 120 Å². The number of fused-ring (bicyclic) bond motifs is 3. The third-order valence-electron chi connectivity index (χ3n) is 4.64. The molecule has 1 saturated heterocycles. The highest BCUT2D eigenvalue weighted by Crippen LogP contribution is 2.50.